The van der Waals surface area contributed by atoms with Crippen LogP contribution in [0.3, 0.4) is 0 Å². The maximum absolute atomic E-state index is 12.0. The highest BCUT2D eigenvalue weighted by Crippen LogP contribution is 2.18. The average molecular weight is 314 g/mol. The molecule has 1 aromatic carbocycles. The van der Waals surface area contributed by atoms with E-state index in [1.54, 1.807) is 38.1 Å². The second kappa shape index (κ2) is 7.88. The smallest absolute Gasteiger partial charge is 0.326 e. The number of carboxylic acid groups (broad SMARTS) is 1. The molecule has 6 heteroatoms. The highest BCUT2D eigenvalue weighted by molar-refractivity contribution is 6.30. The van der Waals surface area contributed by atoms with E-state index in [1.807, 2.05) is 6.92 Å². The SMILES string of the molecule is CC[C@H](C)[C@H](NC(=O)C(C)Oc1cccc(Cl)c1)C(=O)O. The van der Waals surface area contributed by atoms with E-state index < -0.39 is 24.0 Å². The fraction of sp³-hybridized carbons (Fsp3) is 0.467. The third-order valence-corrected chi connectivity index (χ3v) is 3.49. The van der Waals surface area contributed by atoms with E-state index in [2.05, 4.69) is 5.32 Å². The summed E-state index contributed by atoms with van der Waals surface area (Å²) in [5.74, 6) is -1.22. The predicted octanol–water partition coefficient (Wildman–Crippen LogP) is 2.72. The Labute approximate surface area is 129 Å². The van der Waals surface area contributed by atoms with Gasteiger partial charge in [0.05, 0.1) is 0 Å². The van der Waals surface area contributed by atoms with Crippen molar-refractivity contribution in [3.05, 3.63) is 29.3 Å². The maximum atomic E-state index is 12.0. The first-order valence-corrected chi connectivity index (χ1v) is 7.18. The minimum atomic E-state index is -1.05. The standard InChI is InChI=1S/C15H20ClNO4/c1-4-9(2)13(15(19)20)17-14(18)10(3)21-12-7-5-6-11(16)8-12/h5-10,13H,4H2,1-3H3,(H,17,18)(H,19,20)/t9-,10?,13-/m0/s1. The number of amides is 1. The molecule has 0 aliphatic heterocycles. The Hall–Kier alpha value is -1.75. The number of nitrogens with one attached hydrogen (secondary N) is 1. The van der Waals surface area contributed by atoms with Crippen molar-refractivity contribution in [3.63, 3.8) is 0 Å². The molecular formula is C15H20ClNO4. The van der Waals surface area contributed by atoms with E-state index in [4.69, 9.17) is 21.4 Å². The minimum Gasteiger partial charge on any atom is -0.481 e. The van der Waals surface area contributed by atoms with E-state index in [0.717, 1.165) is 0 Å². The molecule has 1 aromatic rings. The Morgan fingerprint density at radius 3 is 2.57 bits per heavy atom. The number of ether oxygens (including phenoxy) is 1. The first-order chi connectivity index (χ1) is 9.85. The molecule has 1 amide bonds. The van der Waals surface area contributed by atoms with Crippen LogP contribution >= 0.6 is 11.6 Å². The van der Waals surface area contributed by atoms with E-state index in [-0.39, 0.29) is 5.92 Å². The summed E-state index contributed by atoms with van der Waals surface area (Å²) in [5.41, 5.74) is 0. The number of carboxylic acids is 1. The Morgan fingerprint density at radius 1 is 1.38 bits per heavy atom. The normalized spacial score (nSPS) is 14.9. The first kappa shape index (κ1) is 17.3. The van der Waals surface area contributed by atoms with Gasteiger partial charge in [-0.15, -0.1) is 0 Å². The molecule has 0 aliphatic carbocycles. The fourth-order valence-electron chi connectivity index (χ4n) is 1.75. The monoisotopic (exact) mass is 313 g/mol. The van der Waals surface area contributed by atoms with Gasteiger partial charge >= 0.3 is 5.97 Å². The van der Waals surface area contributed by atoms with Crippen LogP contribution in [0.25, 0.3) is 0 Å². The van der Waals surface area contributed by atoms with Crippen molar-refractivity contribution in [1.82, 2.24) is 5.32 Å². The molecule has 3 atom stereocenters. The van der Waals surface area contributed by atoms with E-state index in [0.29, 0.717) is 17.2 Å². The van der Waals surface area contributed by atoms with Gasteiger partial charge in [-0.25, -0.2) is 4.79 Å². The third kappa shape index (κ3) is 5.27. The van der Waals surface area contributed by atoms with Crippen molar-refractivity contribution in [1.29, 1.82) is 0 Å². The molecule has 5 nitrogen and oxygen atoms in total. The Kier molecular flexibility index (Phi) is 6.49. The summed E-state index contributed by atoms with van der Waals surface area (Å²) < 4.78 is 5.46. The van der Waals surface area contributed by atoms with Gasteiger partial charge in [0.1, 0.15) is 11.8 Å². The van der Waals surface area contributed by atoms with Crippen LogP contribution in [0.2, 0.25) is 5.02 Å². The summed E-state index contributed by atoms with van der Waals surface area (Å²) in [6.45, 7) is 5.21. The summed E-state index contributed by atoms with van der Waals surface area (Å²) in [6, 6.07) is 5.76. The van der Waals surface area contributed by atoms with Gasteiger partial charge in [-0.1, -0.05) is 37.9 Å². The molecule has 0 saturated heterocycles. The Bertz CT molecular complexity index is 506. The third-order valence-electron chi connectivity index (χ3n) is 3.25. The molecule has 0 heterocycles. The van der Waals surface area contributed by atoms with Crippen LogP contribution in [-0.2, 0) is 9.59 Å². The van der Waals surface area contributed by atoms with Crippen molar-refractivity contribution < 1.29 is 19.4 Å². The molecule has 21 heavy (non-hydrogen) atoms. The average Bonchev–Trinajstić information content (AvgIpc) is 2.43. The number of hydrogen-bond acceptors (Lipinski definition) is 3. The van der Waals surface area contributed by atoms with Gasteiger partial charge in [-0.2, -0.15) is 0 Å². The van der Waals surface area contributed by atoms with Crippen LogP contribution in [0, 0.1) is 5.92 Å². The summed E-state index contributed by atoms with van der Waals surface area (Å²) in [7, 11) is 0. The zero-order valence-electron chi connectivity index (χ0n) is 12.3. The van der Waals surface area contributed by atoms with Gasteiger partial charge < -0.3 is 15.2 Å². The predicted molar refractivity (Wildman–Crippen MR) is 80.6 cm³/mol. The molecule has 0 aliphatic rings. The lowest BCUT2D eigenvalue weighted by Gasteiger charge is -2.22. The second-order valence-electron chi connectivity index (χ2n) is 4.93. The Balaban J connectivity index is 2.67. The van der Waals surface area contributed by atoms with Gasteiger partial charge in [-0.3, -0.25) is 4.79 Å². The number of benzene rings is 1. The molecule has 0 aromatic heterocycles. The molecule has 0 fully saturated rings. The summed E-state index contributed by atoms with van der Waals surface area (Å²) in [6.07, 6.45) is -0.157. The lowest BCUT2D eigenvalue weighted by Crippen LogP contribution is -2.49. The summed E-state index contributed by atoms with van der Waals surface area (Å²) in [5, 5.41) is 12.2. The molecule has 116 valence electrons. The molecule has 0 saturated carbocycles. The van der Waals surface area contributed by atoms with Crippen molar-refractivity contribution in [2.75, 3.05) is 0 Å². The van der Waals surface area contributed by atoms with Gasteiger partial charge in [-0.05, 0) is 31.0 Å². The van der Waals surface area contributed by atoms with E-state index in [9.17, 15) is 9.59 Å². The van der Waals surface area contributed by atoms with Crippen molar-refractivity contribution in [2.24, 2.45) is 5.92 Å². The van der Waals surface area contributed by atoms with Crippen LogP contribution in [0.4, 0.5) is 0 Å². The molecule has 2 N–H and O–H groups in total. The fourth-order valence-corrected chi connectivity index (χ4v) is 1.93. The Morgan fingerprint density at radius 2 is 2.05 bits per heavy atom. The highest BCUT2D eigenvalue weighted by Gasteiger charge is 2.27. The minimum absolute atomic E-state index is 0.162. The molecular weight excluding hydrogens is 294 g/mol. The molecule has 1 rings (SSSR count). The van der Waals surface area contributed by atoms with Crippen LogP contribution in [0.1, 0.15) is 27.2 Å². The van der Waals surface area contributed by atoms with E-state index in [1.165, 1.54) is 0 Å². The summed E-state index contributed by atoms with van der Waals surface area (Å²) >= 11 is 5.84. The number of carbonyl (C=O) groups is 2. The number of carbonyl (C=O) groups excluding carboxylic acids is 1. The second-order valence-corrected chi connectivity index (χ2v) is 5.36. The highest BCUT2D eigenvalue weighted by atomic mass is 35.5. The molecule has 0 bridgehead atoms. The van der Waals surface area contributed by atoms with Crippen LogP contribution in [0.5, 0.6) is 5.75 Å². The zero-order valence-corrected chi connectivity index (χ0v) is 13.1. The number of aliphatic carboxylic acids is 1. The quantitative estimate of drug-likeness (QED) is 0.811. The largest absolute Gasteiger partial charge is 0.481 e. The van der Waals surface area contributed by atoms with E-state index >= 15 is 0 Å². The van der Waals surface area contributed by atoms with Crippen molar-refractivity contribution >= 4 is 23.5 Å². The lowest BCUT2D eigenvalue weighted by atomic mass is 9.99. The zero-order chi connectivity index (χ0) is 16.0. The topological polar surface area (TPSA) is 75.6 Å². The van der Waals surface area contributed by atoms with Gasteiger partial charge in [0, 0.05) is 5.02 Å². The lowest BCUT2D eigenvalue weighted by molar-refractivity contribution is -0.144. The van der Waals surface area contributed by atoms with Crippen molar-refractivity contribution in [3.8, 4) is 5.75 Å². The molecule has 1 unspecified atom stereocenters. The van der Waals surface area contributed by atoms with Crippen LogP contribution in [-0.4, -0.2) is 29.1 Å². The van der Waals surface area contributed by atoms with Crippen LogP contribution < -0.4 is 10.1 Å². The van der Waals surface area contributed by atoms with Crippen molar-refractivity contribution in [2.45, 2.75) is 39.3 Å². The number of hydrogen-bond donors (Lipinski definition) is 2. The number of halogens is 1. The maximum Gasteiger partial charge on any atom is 0.326 e. The molecule has 0 radical (unpaired) electrons. The molecule has 0 spiro atoms. The van der Waals surface area contributed by atoms with Gasteiger partial charge in [0.2, 0.25) is 0 Å². The van der Waals surface area contributed by atoms with Crippen LogP contribution in [0.15, 0.2) is 24.3 Å². The van der Waals surface area contributed by atoms with Gasteiger partial charge in [0.25, 0.3) is 5.91 Å². The van der Waals surface area contributed by atoms with Gasteiger partial charge in [0.15, 0.2) is 6.10 Å². The number of rotatable bonds is 7. The summed E-state index contributed by atoms with van der Waals surface area (Å²) in [4.78, 5) is 23.2. The first-order valence-electron chi connectivity index (χ1n) is 6.80.